The van der Waals surface area contributed by atoms with E-state index >= 15 is 4.39 Å². The van der Waals surface area contributed by atoms with Gasteiger partial charge in [0.15, 0.2) is 5.82 Å². The minimum atomic E-state index is -0.507. The lowest BCUT2D eigenvalue weighted by molar-refractivity contribution is 0.300. The average molecular weight is 516 g/mol. The highest BCUT2D eigenvalue weighted by Gasteiger charge is 2.36. The molecule has 1 saturated heterocycles. The molecule has 5 heterocycles. The van der Waals surface area contributed by atoms with Gasteiger partial charge in [-0.15, -0.1) is 0 Å². The summed E-state index contributed by atoms with van der Waals surface area (Å²) in [4.78, 5) is 13.9. The van der Waals surface area contributed by atoms with Gasteiger partial charge in [-0.3, -0.25) is 13.8 Å². The Morgan fingerprint density at radius 1 is 1.03 bits per heavy atom. The standard InChI is InChI=1S/C28H27F2N7O/c1-15-11-18(12-16(2)25(15)29)37-27(24-20-6-4-5-17(32-20)13-21(24)33-37)36-10-9-35(28(36)38)23-8-7-22-19(26(23)30)14-31-34(22)3/h7-12,14,17,20,32H,4-6,13H2,1-3H3. The summed E-state index contributed by atoms with van der Waals surface area (Å²) in [6, 6.07) is 7.26. The van der Waals surface area contributed by atoms with Gasteiger partial charge in [0.05, 0.1) is 34.2 Å². The highest BCUT2D eigenvalue weighted by Crippen LogP contribution is 2.38. The van der Waals surface area contributed by atoms with Crippen LogP contribution in [-0.2, 0) is 13.5 Å². The van der Waals surface area contributed by atoms with Crippen LogP contribution in [0, 0.1) is 25.5 Å². The van der Waals surface area contributed by atoms with Crippen LogP contribution >= 0.6 is 0 Å². The van der Waals surface area contributed by atoms with Gasteiger partial charge in [-0.25, -0.2) is 18.3 Å². The lowest BCUT2D eigenvalue weighted by atomic mass is 9.85. The number of fused-ring (bicyclic) bond motifs is 5. The van der Waals surface area contributed by atoms with Gasteiger partial charge in [0.2, 0.25) is 0 Å². The maximum atomic E-state index is 15.5. The smallest absolute Gasteiger partial charge is 0.307 e. The van der Waals surface area contributed by atoms with E-state index in [0.717, 1.165) is 36.9 Å². The minimum Gasteiger partial charge on any atom is -0.307 e. The molecule has 7 rings (SSSR count). The van der Waals surface area contributed by atoms with Gasteiger partial charge < -0.3 is 5.32 Å². The first-order valence-electron chi connectivity index (χ1n) is 12.9. The summed E-state index contributed by atoms with van der Waals surface area (Å²) in [6.07, 6.45) is 8.56. The fourth-order valence-corrected chi connectivity index (χ4v) is 6.16. The molecule has 0 saturated carbocycles. The van der Waals surface area contributed by atoms with Gasteiger partial charge in [0.25, 0.3) is 0 Å². The molecule has 0 spiro atoms. The number of hydrogen-bond acceptors (Lipinski definition) is 4. The predicted octanol–water partition coefficient (Wildman–Crippen LogP) is 4.33. The number of piperidine rings is 1. The normalized spacial score (nSPS) is 18.8. The molecule has 5 aromatic rings. The van der Waals surface area contributed by atoms with E-state index in [1.54, 1.807) is 66.9 Å². The highest BCUT2D eigenvalue weighted by atomic mass is 19.1. The third kappa shape index (κ3) is 3.26. The quantitative estimate of drug-likeness (QED) is 0.388. The molecule has 194 valence electrons. The van der Waals surface area contributed by atoms with Gasteiger partial charge >= 0.3 is 5.69 Å². The number of aromatic nitrogens is 6. The fourth-order valence-electron chi connectivity index (χ4n) is 6.16. The fraction of sp³-hybridized carbons (Fsp3) is 0.321. The largest absolute Gasteiger partial charge is 0.338 e. The molecule has 0 radical (unpaired) electrons. The van der Waals surface area contributed by atoms with E-state index in [9.17, 15) is 9.18 Å². The molecule has 1 fully saturated rings. The molecule has 2 aromatic carbocycles. The Bertz CT molecular complexity index is 1780. The van der Waals surface area contributed by atoms with Gasteiger partial charge in [0.1, 0.15) is 11.6 Å². The SMILES string of the molecule is Cc1cc(-n2nc3c(c2-n2ccn(-c4ccc5c(cnn5C)c4F)c2=O)C2CCCC(C3)N2)cc(C)c1F. The molecule has 2 atom stereocenters. The van der Waals surface area contributed by atoms with E-state index in [2.05, 4.69) is 10.4 Å². The number of halogens is 2. The van der Waals surface area contributed by atoms with E-state index in [0.29, 0.717) is 39.6 Å². The zero-order chi connectivity index (χ0) is 26.3. The topological polar surface area (TPSA) is 74.6 Å². The van der Waals surface area contributed by atoms with Crippen LogP contribution in [0.5, 0.6) is 0 Å². The van der Waals surface area contributed by atoms with Crippen molar-refractivity contribution in [1.29, 1.82) is 0 Å². The van der Waals surface area contributed by atoms with Gasteiger partial charge in [-0.2, -0.15) is 10.2 Å². The zero-order valence-corrected chi connectivity index (χ0v) is 21.4. The number of aryl methyl sites for hydroxylation is 3. The number of rotatable bonds is 3. The summed E-state index contributed by atoms with van der Waals surface area (Å²) >= 11 is 0. The Hall–Kier alpha value is -4.05. The van der Waals surface area contributed by atoms with Crippen molar-refractivity contribution in [3.8, 4) is 17.2 Å². The zero-order valence-electron chi connectivity index (χ0n) is 21.4. The van der Waals surface area contributed by atoms with Crippen molar-refractivity contribution >= 4 is 10.9 Å². The van der Waals surface area contributed by atoms with Crippen molar-refractivity contribution in [2.24, 2.45) is 7.05 Å². The first-order valence-corrected chi connectivity index (χ1v) is 12.9. The van der Waals surface area contributed by atoms with Crippen molar-refractivity contribution in [2.75, 3.05) is 0 Å². The van der Waals surface area contributed by atoms with Crippen molar-refractivity contribution in [3.63, 3.8) is 0 Å². The number of nitrogens with zero attached hydrogens (tertiary/aromatic N) is 6. The summed E-state index contributed by atoms with van der Waals surface area (Å²) in [5, 5.41) is 13.2. The Labute approximate surface area is 217 Å². The van der Waals surface area contributed by atoms with Crippen LogP contribution in [-0.4, -0.2) is 34.7 Å². The molecule has 8 nitrogen and oxygen atoms in total. The molecule has 1 N–H and O–H groups in total. The van der Waals surface area contributed by atoms with Crippen LogP contribution in [0.2, 0.25) is 0 Å². The summed E-state index contributed by atoms with van der Waals surface area (Å²) < 4.78 is 36.2. The minimum absolute atomic E-state index is 0.0580. The second-order valence-corrected chi connectivity index (χ2v) is 10.5. The maximum Gasteiger partial charge on any atom is 0.338 e. The van der Waals surface area contributed by atoms with Crippen molar-refractivity contribution in [3.05, 3.63) is 87.4 Å². The number of imidazole rings is 1. The number of benzene rings is 2. The Morgan fingerprint density at radius 2 is 1.79 bits per heavy atom. The molecule has 2 bridgehead atoms. The summed E-state index contributed by atoms with van der Waals surface area (Å²) in [6.45, 7) is 3.45. The molecule has 38 heavy (non-hydrogen) atoms. The molecular weight excluding hydrogens is 488 g/mol. The molecule has 10 heteroatoms. The summed E-state index contributed by atoms with van der Waals surface area (Å²) in [5.74, 6) is -0.156. The Balaban J connectivity index is 1.46. The molecule has 0 amide bonds. The van der Waals surface area contributed by atoms with Gasteiger partial charge in [0, 0.05) is 43.5 Å². The van der Waals surface area contributed by atoms with E-state index in [1.807, 2.05) is 0 Å². The molecule has 0 aliphatic carbocycles. The van der Waals surface area contributed by atoms with E-state index in [-0.39, 0.29) is 17.5 Å². The van der Waals surface area contributed by atoms with Crippen LogP contribution in [0.1, 0.15) is 47.7 Å². The van der Waals surface area contributed by atoms with Crippen LogP contribution in [0.3, 0.4) is 0 Å². The second-order valence-electron chi connectivity index (χ2n) is 10.5. The van der Waals surface area contributed by atoms with Crippen molar-refractivity contribution in [1.82, 2.24) is 34.0 Å². The average Bonchev–Trinajstić information content (AvgIpc) is 3.58. The van der Waals surface area contributed by atoms with E-state index in [1.165, 1.54) is 15.3 Å². The van der Waals surface area contributed by atoms with Gasteiger partial charge in [-0.1, -0.05) is 0 Å². The van der Waals surface area contributed by atoms with E-state index < -0.39 is 11.5 Å². The van der Waals surface area contributed by atoms with Crippen LogP contribution < -0.4 is 11.0 Å². The summed E-state index contributed by atoms with van der Waals surface area (Å²) in [7, 11) is 1.75. The Morgan fingerprint density at radius 3 is 2.58 bits per heavy atom. The third-order valence-electron chi connectivity index (χ3n) is 8.02. The second kappa shape index (κ2) is 8.22. The van der Waals surface area contributed by atoms with Crippen molar-refractivity contribution < 1.29 is 8.78 Å². The van der Waals surface area contributed by atoms with Crippen LogP contribution in [0.4, 0.5) is 8.78 Å². The molecule has 3 aromatic heterocycles. The molecule has 2 aliphatic heterocycles. The number of hydrogen-bond donors (Lipinski definition) is 1. The van der Waals surface area contributed by atoms with Crippen molar-refractivity contribution in [2.45, 2.75) is 51.6 Å². The highest BCUT2D eigenvalue weighted by molar-refractivity contribution is 5.81. The first kappa shape index (κ1) is 23.1. The summed E-state index contributed by atoms with van der Waals surface area (Å²) in [5.41, 5.74) is 4.00. The van der Waals surface area contributed by atoms with Gasteiger partial charge in [-0.05, 0) is 68.5 Å². The lowest BCUT2D eigenvalue weighted by Gasteiger charge is -2.35. The van der Waals surface area contributed by atoms with E-state index in [4.69, 9.17) is 5.10 Å². The first-order chi connectivity index (χ1) is 18.3. The third-order valence-corrected chi connectivity index (χ3v) is 8.02. The molecule has 2 unspecified atom stereocenters. The maximum absolute atomic E-state index is 15.5. The Kier molecular flexibility index (Phi) is 5.00. The van der Waals surface area contributed by atoms with Crippen LogP contribution in [0.15, 0.2) is 47.7 Å². The number of nitrogens with one attached hydrogen (secondary N) is 1. The lowest BCUT2D eigenvalue weighted by Crippen LogP contribution is -2.43. The predicted molar refractivity (Wildman–Crippen MR) is 139 cm³/mol. The monoisotopic (exact) mass is 515 g/mol. The molecule has 2 aliphatic rings. The molecular formula is C28H27F2N7O. The van der Waals surface area contributed by atoms with Crippen LogP contribution in [0.25, 0.3) is 28.1 Å².